The molecule has 1 saturated heterocycles. The zero-order valence-corrected chi connectivity index (χ0v) is 19.9. The number of nitrogens with one attached hydrogen (secondary N) is 2. The molecular formula is C25H31N3O4S. The lowest BCUT2D eigenvalue weighted by Gasteiger charge is -2.34. The van der Waals surface area contributed by atoms with Crippen LogP contribution in [0.2, 0.25) is 0 Å². The van der Waals surface area contributed by atoms with Crippen molar-refractivity contribution in [3.63, 3.8) is 0 Å². The normalized spacial score (nSPS) is 14.9. The molecule has 2 aromatic carbocycles. The Morgan fingerprint density at radius 2 is 1.70 bits per heavy atom. The first-order valence-electron chi connectivity index (χ1n) is 11.1. The van der Waals surface area contributed by atoms with Crippen LogP contribution in [0.5, 0.6) is 5.75 Å². The number of hydrogen-bond donors (Lipinski definition) is 2. The number of methoxy groups -OCH3 is 1. The molecule has 1 unspecified atom stereocenters. The molecule has 8 heteroatoms. The number of piperidine rings is 1. The molecule has 0 radical (unpaired) electrons. The number of carbonyl (C=O) groups is 3. The lowest BCUT2D eigenvalue weighted by Crippen LogP contribution is -2.53. The van der Waals surface area contributed by atoms with Gasteiger partial charge in [-0.05, 0) is 55.5 Å². The smallest absolute Gasteiger partial charge is 0.255 e. The van der Waals surface area contributed by atoms with E-state index in [1.165, 1.54) is 7.11 Å². The first-order valence-corrected chi connectivity index (χ1v) is 12.5. The summed E-state index contributed by atoms with van der Waals surface area (Å²) in [6.45, 7) is 1.08. The molecule has 1 aliphatic rings. The molecule has 2 N–H and O–H groups in total. The van der Waals surface area contributed by atoms with Crippen molar-refractivity contribution in [2.24, 2.45) is 0 Å². The van der Waals surface area contributed by atoms with Gasteiger partial charge in [-0.25, -0.2) is 0 Å². The number of para-hydroxylation sites is 1. The van der Waals surface area contributed by atoms with Gasteiger partial charge in [-0.1, -0.05) is 30.3 Å². The van der Waals surface area contributed by atoms with Crippen LogP contribution >= 0.6 is 11.8 Å². The Balaban J connectivity index is 1.58. The van der Waals surface area contributed by atoms with Crippen molar-refractivity contribution in [2.75, 3.05) is 32.2 Å². The second-order valence-electron chi connectivity index (χ2n) is 7.95. The molecule has 176 valence electrons. The number of hydrogen-bond acceptors (Lipinski definition) is 5. The molecule has 33 heavy (non-hydrogen) atoms. The van der Waals surface area contributed by atoms with Crippen LogP contribution in [0, 0.1) is 0 Å². The summed E-state index contributed by atoms with van der Waals surface area (Å²) in [6.07, 6.45) is 3.89. The molecule has 3 rings (SSSR count). The fourth-order valence-electron chi connectivity index (χ4n) is 3.88. The maximum absolute atomic E-state index is 13.3. The van der Waals surface area contributed by atoms with E-state index >= 15 is 0 Å². The van der Waals surface area contributed by atoms with Crippen LogP contribution in [-0.4, -0.2) is 66.9 Å². The largest absolute Gasteiger partial charge is 0.496 e. The molecule has 0 bridgehead atoms. The number of ether oxygens (including phenoxy) is 1. The Morgan fingerprint density at radius 1 is 1.03 bits per heavy atom. The van der Waals surface area contributed by atoms with E-state index in [0.717, 1.165) is 5.75 Å². The van der Waals surface area contributed by atoms with Crippen LogP contribution in [0.15, 0.2) is 54.6 Å². The van der Waals surface area contributed by atoms with E-state index in [9.17, 15) is 14.4 Å². The SMILES string of the molecule is COc1ccccc1C(=O)NC(CCSC)C(=O)N1CCC(NC(=O)c2ccccc2)CC1. The van der Waals surface area contributed by atoms with E-state index in [-0.39, 0.29) is 23.8 Å². The summed E-state index contributed by atoms with van der Waals surface area (Å²) in [6, 6.07) is 15.5. The van der Waals surface area contributed by atoms with Gasteiger partial charge in [-0.15, -0.1) is 0 Å². The Morgan fingerprint density at radius 3 is 2.36 bits per heavy atom. The number of nitrogens with zero attached hydrogens (tertiary/aromatic N) is 1. The lowest BCUT2D eigenvalue weighted by atomic mass is 10.0. The maximum atomic E-state index is 13.3. The van der Waals surface area contributed by atoms with Crippen molar-refractivity contribution in [3.05, 3.63) is 65.7 Å². The maximum Gasteiger partial charge on any atom is 0.255 e. The Bertz CT molecular complexity index is 946. The van der Waals surface area contributed by atoms with Gasteiger partial charge < -0.3 is 20.3 Å². The number of thioether (sulfide) groups is 1. The van der Waals surface area contributed by atoms with E-state index < -0.39 is 6.04 Å². The molecule has 1 fully saturated rings. The van der Waals surface area contributed by atoms with Gasteiger partial charge in [0.1, 0.15) is 11.8 Å². The first-order chi connectivity index (χ1) is 16.0. The quantitative estimate of drug-likeness (QED) is 0.590. The second kappa shape index (κ2) is 12.3. The highest BCUT2D eigenvalue weighted by Crippen LogP contribution is 2.19. The molecule has 2 aromatic rings. The standard InChI is InChI=1S/C25H31N3O4S/c1-32-22-11-7-6-10-20(22)24(30)27-21(14-17-33-2)25(31)28-15-12-19(13-16-28)26-23(29)18-8-4-3-5-9-18/h3-11,19,21H,12-17H2,1-2H3,(H,26,29)(H,27,30). The van der Waals surface area contributed by atoms with Gasteiger partial charge in [0.05, 0.1) is 12.7 Å². The summed E-state index contributed by atoms with van der Waals surface area (Å²) in [4.78, 5) is 40.3. The van der Waals surface area contributed by atoms with E-state index in [1.807, 2.05) is 24.5 Å². The molecule has 0 aromatic heterocycles. The molecule has 0 saturated carbocycles. The topological polar surface area (TPSA) is 87.7 Å². The van der Waals surface area contributed by atoms with E-state index in [2.05, 4.69) is 10.6 Å². The van der Waals surface area contributed by atoms with Gasteiger partial charge in [0.15, 0.2) is 0 Å². The van der Waals surface area contributed by atoms with Crippen molar-refractivity contribution in [3.8, 4) is 5.75 Å². The van der Waals surface area contributed by atoms with Gasteiger partial charge in [0.25, 0.3) is 11.8 Å². The van der Waals surface area contributed by atoms with Crippen LogP contribution in [0.4, 0.5) is 0 Å². The van der Waals surface area contributed by atoms with E-state index in [1.54, 1.807) is 53.1 Å². The van der Waals surface area contributed by atoms with Crippen molar-refractivity contribution in [2.45, 2.75) is 31.3 Å². The number of carbonyl (C=O) groups excluding carboxylic acids is 3. The molecule has 0 aliphatic carbocycles. The number of benzene rings is 2. The third-order valence-corrected chi connectivity index (χ3v) is 6.39. The fraction of sp³-hybridized carbons (Fsp3) is 0.400. The molecule has 1 heterocycles. The summed E-state index contributed by atoms with van der Waals surface area (Å²) < 4.78 is 5.29. The van der Waals surface area contributed by atoms with Crippen LogP contribution in [-0.2, 0) is 4.79 Å². The predicted octanol–water partition coefficient (Wildman–Crippen LogP) is 2.97. The Kier molecular flexibility index (Phi) is 9.18. The third-order valence-electron chi connectivity index (χ3n) is 5.74. The van der Waals surface area contributed by atoms with Gasteiger partial charge in [0, 0.05) is 24.7 Å². The number of rotatable bonds is 9. The van der Waals surface area contributed by atoms with Gasteiger partial charge in [-0.3, -0.25) is 14.4 Å². The molecular weight excluding hydrogens is 438 g/mol. The monoisotopic (exact) mass is 469 g/mol. The summed E-state index contributed by atoms with van der Waals surface area (Å²) >= 11 is 1.64. The minimum Gasteiger partial charge on any atom is -0.496 e. The van der Waals surface area contributed by atoms with Crippen molar-refractivity contribution >= 4 is 29.5 Å². The highest BCUT2D eigenvalue weighted by Gasteiger charge is 2.30. The molecule has 7 nitrogen and oxygen atoms in total. The lowest BCUT2D eigenvalue weighted by molar-refractivity contribution is -0.134. The average Bonchev–Trinajstić information content (AvgIpc) is 2.86. The first kappa shape index (κ1) is 24.6. The summed E-state index contributed by atoms with van der Waals surface area (Å²) in [5.74, 6) is 0.729. The van der Waals surface area contributed by atoms with Gasteiger partial charge in [-0.2, -0.15) is 11.8 Å². The molecule has 0 spiro atoms. The minimum atomic E-state index is -0.606. The van der Waals surface area contributed by atoms with Gasteiger partial charge >= 0.3 is 0 Å². The predicted molar refractivity (Wildman–Crippen MR) is 131 cm³/mol. The summed E-state index contributed by atoms with van der Waals surface area (Å²) in [5.41, 5.74) is 1.04. The number of amides is 3. The van der Waals surface area contributed by atoms with Crippen LogP contribution in [0.25, 0.3) is 0 Å². The highest BCUT2D eigenvalue weighted by atomic mass is 32.2. The molecule has 1 aliphatic heterocycles. The van der Waals surface area contributed by atoms with Crippen LogP contribution in [0.1, 0.15) is 40.0 Å². The molecule has 3 amide bonds. The zero-order valence-electron chi connectivity index (χ0n) is 19.1. The van der Waals surface area contributed by atoms with Crippen molar-refractivity contribution < 1.29 is 19.1 Å². The Labute approximate surface area is 199 Å². The average molecular weight is 470 g/mol. The minimum absolute atomic E-state index is 0.0228. The summed E-state index contributed by atoms with van der Waals surface area (Å²) in [7, 11) is 1.52. The summed E-state index contributed by atoms with van der Waals surface area (Å²) in [5, 5.41) is 5.97. The Hall–Kier alpha value is -3.00. The van der Waals surface area contributed by atoms with Crippen molar-refractivity contribution in [1.82, 2.24) is 15.5 Å². The van der Waals surface area contributed by atoms with Crippen molar-refractivity contribution in [1.29, 1.82) is 0 Å². The molecule has 1 atom stereocenters. The van der Waals surface area contributed by atoms with Gasteiger partial charge in [0.2, 0.25) is 5.91 Å². The van der Waals surface area contributed by atoms with E-state index in [4.69, 9.17) is 4.74 Å². The third kappa shape index (κ3) is 6.74. The second-order valence-corrected chi connectivity index (χ2v) is 8.93. The highest BCUT2D eigenvalue weighted by molar-refractivity contribution is 7.98. The van der Waals surface area contributed by atoms with E-state index in [0.29, 0.717) is 49.2 Å². The fourth-order valence-corrected chi connectivity index (χ4v) is 4.36. The zero-order chi connectivity index (χ0) is 23.6. The van der Waals surface area contributed by atoms with Crippen LogP contribution in [0.3, 0.4) is 0 Å². The number of likely N-dealkylation sites (tertiary alicyclic amines) is 1. The van der Waals surface area contributed by atoms with Crippen LogP contribution < -0.4 is 15.4 Å².